The molecule has 114 valence electrons. The number of hydrogen-bond acceptors (Lipinski definition) is 3. The smallest absolute Gasteiger partial charge is 0.231 e. The second kappa shape index (κ2) is 5.67. The van der Waals surface area contributed by atoms with Crippen molar-refractivity contribution in [3.63, 3.8) is 0 Å². The lowest BCUT2D eigenvalue weighted by Gasteiger charge is -2.07. The first-order valence-electron chi connectivity index (χ1n) is 6.57. The van der Waals surface area contributed by atoms with Gasteiger partial charge in [0, 0.05) is 6.07 Å². The number of benzene rings is 1. The summed E-state index contributed by atoms with van der Waals surface area (Å²) in [7, 11) is 0. The van der Waals surface area contributed by atoms with Crippen molar-refractivity contribution >= 4 is 11.7 Å². The van der Waals surface area contributed by atoms with Gasteiger partial charge >= 0.3 is 0 Å². The molecule has 1 aliphatic carbocycles. The zero-order chi connectivity index (χ0) is 15.7. The van der Waals surface area contributed by atoms with Gasteiger partial charge in [0.1, 0.15) is 23.5 Å². The average Bonchev–Trinajstić information content (AvgIpc) is 3.22. The van der Waals surface area contributed by atoms with E-state index in [-0.39, 0.29) is 18.0 Å². The number of pyridine rings is 1. The summed E-state index contributed by atoms with van der Waals surface area (Å²) in [4.78, 5) is 15.5. The van der Waals surface area contributed by atoms with E-state index in [0.717, 1.165) is 12.1 Å². The highest BCUT2D eigenvalue weighted by Gasteiger charge is 2.43. The van der Waals surface area contributed by atoms with Crippen molar-refractivity contribution in [1.82, 2.24) is 4.98 Å². The molecule has 22 heavy (non-hydrogen) atoms. The Hall–Kier alpha value is -2.57. The minimum atomic E-state index is -1.07. The van der Waals surface area contributed by atoms with Gasteiger partial charge in [-0.25, -0.2) is 18.2 Å². The topological polar surface area (TPSA) is 51.2 Å². The van der Waals surface area contributed by atoms with Gasteiger partial charge in [0.15, 0.2) is 11.6 Å². The van der Waals surface area contributed by atoms with Gasteiger partial charge in [-0.1, -0.05) is 0 Å². The molecule has 3 rings (SSSR count). The standard InChI is InChI=1S/C15H11F3N2O2/c16-11-3-1-8(5-13(11)18)22-9-2-4-14(19-7-9)20-15(21)10-6-12(10)17/h1-5,7,10,12H,6H2,(H,19,20,21)/t10-,12+/m0/s1. The number of carbonyl (C=O) groups excluding carboxylic acids is 1. The number of aromatic nitrogens is 1. The van der Waals surface area contributed by atoms with Crippen LogP contribution in [0.2, 0.25) is 0 Å². The van der Waals surface area contributed by atoms with E-state index in [1.807, 2.05) is 0 Å². The predicted octanol–water partition coefficient (Wildman–Crippen LogP) is 3.45. The van der Waals surface area contributed by atoms with Crippen LogP contribution >= 0.6 is 0 Å². The fourth-order valence-corrected chi connectivity index (χ4v) is 1.85. The summed E-state index contributed by atoms with van der Waals surface area (Å²) in [6.45, 7) is 0. The Morgan fingerprint density at radius 2 is 1.91 bits per heavy atom. The zero-order valence-electron chi connectivity index (χ0n) is 11.2. The van der Waals surface area contributed by atoms with Crippen molar-refractivity contribution < 1.29 is 22.7 Å². The van der Waals surface area contributed by atoms with Gasteiger partial charge in [0.2, 0.25) is 5.91 Å². The van der Waals surface area contributed by atoms with E-state index in [1.54, 1.807) is 0 Å². The number of halogens is 3. The van der Waals surface area contributed by atoms with Gasteiger partial charge in [-0.2, -0.15) is 0 Å². The zero-order valence-corrected chi connectivity index (χ0v) is 11.2. The van der Waals surface area contributed by atoms with Crippen LogP contribution in [0.5, 0.6) is 11.5 Å². The molecule has 0 spiro atoms. The van der Waals surface area contributed by atoms with Gasteiger partial charge in [-0.3, -0.25) is 4.79 Å². The van der Waals surface area contributed by atoms with E-state index in [2.05, 4.69) is 10.3 Å². The van der Waals surface area contributed by atoms with Crippen molar-refractivity contribution in [2.45, 2.75) is 12.6 Å². The van der Waals surface area contributed by atoms with Crippen molar-refractivity contribution in [2.24, 2.45) is 5.92 Å². The molecule has 1 fully saturated rings. The molecule has 1 aromatic carbocycles. The van der Waals surface area contributed by atoms with Gasteiger partial charge in [0.25, 0.3) is 0 Å². The summed E-state index contributed by atoms with van der Waals surface area (Å²) in [5.74, 6) is -2.31. The van der Waals surface area contributed by atoms with Gasteiger partial charge < -0.3 is 10.1 Å². The molecule has 0 unspecified atom stereocenters. The van der Waals surface area contributed by atoms with Crippen LogP contribution in [0.15, 0.2) is 36.5 Å². The summed E-state index contributed by atoms with van der Waals surface area (Å²) >= 11 is 0. The van der Waals surface area contributed by atoms with Gasteiger partial charge in [-0.05, 0) is 30.7 Å². The third-order valence-electron chi connectivity index (χ3n) is 3.16. The van der Waals surface area contributed by atoms with Crippen LogP contribution in [0, 0.1) is 17.6 Å². The van der Waals surface area contributed by atoms with Gasteiger partial charge in [-0.15, -0.1) is 0 Å². The second-order valence-corrected chi connectivity index (χ2v) is 4.90. The lowest BCUT2D eigenvalue weighted by atomic mass is 10.3. The van der Waals surface area contributed by atoms with E-state index < -0.39 is 29.6 Å². The van der Waals surface area contributed by atoms with E-state index in [0.29, 0.717) is 5.75 Å². The molecule has 1 aliphatic rings. The number of nitrogens with zero attached hydrogens (tertiary/aromatic N) is 1. The Morgan fingerprint density at radius 3 is 2.50 bits per heavy atom. The number of carbonyl (C=O) groups is 1. The first kappa shape index (κ1) is 14.4. The molecule has 1 saturated carbocycles. The Labute approximate surface area is 123 Å². The quantitative estimate of drug-likeness (QED) is 0.941. The molecule has 7 heteroatoms. The third kappa shape index (κ3) is 3.19. The maximum absolute atomic E-state index is 13.1. The Kier molecular flexibility index (Phi) is 3.70. The summed E-state index contributed by atoms with van der Waals surface area (Å²) in [5, 5.41) is 2.49. The number of nitrogens with one attached hydrogen (secondary N) is 1. The molecule has 1 aromatic heterocycles. The van der Waals surface area contributed by atoms with Gasteiger partial charge in [0.05, 0.1) is 12.1 Å². The number of alkyl halides is 1. The largest absolute Gasteiger partial charge is 0.456 e. The molecular weight excluding hydrogens is 297 g/mol. The molecule has 0 bridgehead atoms. The molecule has 0 aliphatic heterocycles. The summed E-state index contributed by atoms with van der Waals surface area (Å²) in [6, 6.07) is 6.13. The third-order valence-corrected chi connectivity index (χ3v) is 3.16. The monoisotopic (exact) mass is 308 g/mol. The first-order chi connectivity index (χ1) is 10.5. The van der Waals surface area contributed by atoms with Crippen LogP contribution in [0.3, 0.4) is 0 Å². The van der Waals surface area contributed by atoms with Crippen molar-refractivity contribution in [3.05, 3.63) is 48.2 Å². The normalized spacial score (nSPS) is 19.6. The second-order valence-electron chi connectivity index (χ2n) is 4.90. The van der Waals surface area contributed by atoms with E-state index in [1.165, 1.54) is 24.4 Å². The van der Waals surface area contributed by atoms with Crippen LogP contribution in [-0.2, 0) is 4.79 Å². The molecule has 0 radical (unpaired) electrons. The van der Waals surface area contributed by atoms with E-state index in [9.17, 15) is 18.0 Å². The number of amides is 1. The molecule has 4 nitrogen and oxygen atoms in total. The highest BCUT2D eigenvalue weighted by molar-refractivity contribution is 5.94. The molecule has 0 saturated heterocycles. The van der Waals surface area contributed by atoms with Crippen LogP contribution in [0.25, 0.3) is 0 Å². The summed E-state index contributed by atoms with van der Waals surface area (Å²) in [6.07, 6.45) is 0.482. The minimum absolute atomic E-state index is 0.121. The molecule has 1 N–H and O–H groups in total. The SMILES string of the molecule is O=C(Nc1ccc(Oc2ccc(F)c(F)c2)cn1)[C@H]1C[C@H]1F. The fraction of sp³-hybridized carbons (Fsp3) is 0.200. The lowest BCUT2D eigenvalue weighted by molar-refractivity contribution is -0.117. The van der Waals surface area contributed by atoms with E-state index >= 15 is 0 Å². The summed E-state index contributed by atoms with van der Waals surface area (Å²) < 4.78 is 43.9. The molecule has 2 atom stereocenters. The highest BCUT2D eigenvalue weighted by atomic mass is 19.2. The first-order valence-corrected chi connectivity index (χ1v) is 6.57. The molecule has 1 amide bonds. The molecular formula is C15H11F3N2O2. The Balaban J connectivity index is 1.63. The van der Waals surface area contributed by atoms with E-state index in [4.69, 9.17) is 4.74 Å². The van der Waals surface area contributed by atoms with Crippen LogP contribution < -0.4 is 10.1 Å². The minimum Gasteiger partial charge on any atom is -0.456 e. The molecule has 2 aromatic rings. The number of anilines is 1. The molecule has 1 heterocycles. The van der Waals surface area contributed by atoms with Crippen molar-refractivity contribution in [3.8, 4) is 11.5 Å². The average molecular weight is 308 g/mol. The van der Waals surface area contributed by atoms with Crippen LogP contribution in [0.1, 0.15) is 6.42 Å². The fourth-order valence-electron chi connectivity index (χ4n) is 1.85. The van der Waals surface area contributed by atoms with Crippen molar-refractivity contribution in [1.29, 1.82) is 0 Å². The van der Waals surface area contributed by atoms with Crippen LogP contribution in [0.4, 0.5) is 19.0 Å². The maximum Gasteiger partial charge on any atom is 0.231 e. The summed E-state index contributed by atoms with van der Waals surface area (Å²) in [5.41, 5.74) is 0. The van der Waals surface area contributed by atoms with Crippen molar-refractivity contribution in [2.75, 3.05) is 5.32 Å². The number of ether oxygens (including phenoxy) is 1. The maximum atomic E-state index is 13.1. The highest BCUT2D eigenvalue weighted by Crippen LogP contribution is 2.34. The lowest BCUT2D eigenvalue weighted by Crippen LogP contribution is -2.15. The number of hydrogen-bond donors (Lipinski definition) is 1. The predicted molar refractivity (Wildman–Crippen MR) is 72.3 cm³/mol. The number of rotatable bonds is 4. The Bertz CT molecular complexity index is 706. The van der Waals surface area contributed by atoms with Crippen LogP contribution in [-0.4, -0.2) is 17.1 Å². The Morgan fingerprint density at radius 1 is 1.18 bits per heavy atom.